The van der Waals surface area contributed by atoms with E-state index in [4.69, 9.17) is 18.0 Å². The fraction of sp³-hybridized carbons (Fsp3) is 0.333. The van der Waals surface area contributed by atoms with Crippen LogP contribution in [0.15, 0.2) is 18.3 Å². The van der Waals surface area contributed by atoms with E-state index in [9.17, 15) is 9.59 Å². The number of hydrogen-bond acceptors (Lipinski definition) is 4. The second-order valence-electron chi connectivity index (χ2n) is 4.59. The molecule has 1 saturated carbocycles. The third kappa shape index (κ3) is 1.60. The lowest BCUT2D eigenvalue weighted by atomic mass is 10.1. The Bertz CT molecular complexity index is 552. The lowest BCUT2D eigenvalue weighted by molar-refractivity contribution is -0.142. The molecule has 2 fully saturated rings. The van der Waals surface area contributed by atoms with E-state index in [0.717, 1.165) is 0 Å². The molecule has 2 atom stereocenters. The van der Waals surface area contributed by atoms with Gasteiger partial charge in [-0.15, -0.1) is 0 Å². The number of thiocarbonyl (C=S) groups is 1. The molecule has 18 heavy (non-hydrogen) atoms. The summed E-state index contributed by atoms with van der Waals surface area (Å²) in [5.74, 6) is -0.324. The second-order valence-corrected chi connectivity index (χ2v) is 5.03. The summed E-state index contributed by atoms with van der Waals surface area (Å²) in [4.78, 5) is 29.3. The molecule has 92 valence electrons. The molecular weight excluding hydrogens is 250 g/mol. The van der Waals surface area contributed by atoms with Crippen molar-refractivity contribution in [2.45, 2.75) is 13.0 Å². The van der Waals surface area contributed by atoms with Gasteiger partial charge in [0.05, 0.1) is 18.4 Å². The van der Waals surface area contributed by atoms with Crippen molar-refractivity contribution in [3.8, 4) is 0 Å². The minimum Gasteiger partial charge on any atom is -0.388 e. The first kappa shape index (κ1) is 11.3. The standard InChI is InChI=1S/C12H11N3O2S/c13-10(18)9-6(2-1-3-14-9)5-15-11(16)7-4-8(7)12(15)17/h1-3,7-8H,4-5H2,(H2,13,18). The van der Waals surface area contributed by atoms with Crippen LogP contribution in [0.1, 0.15) is 17.7 Å². The van der Waals surface area contributed by atoms with E-state index in [1.54, 1.807) is 18.3 Å². The first-order chi connectivity index (χ1) is 8.59. The molecule has 5 nitrogen and oxygen atoms in total. The highest BCUT2D eigenvalue weighted by molar-refractivity contribution is 7.80. The maximum Gasteiger partial charge on any atom is 0.233 e. The molecule has 1 saturated heterocycles. The van der Waals surface area contributed by atoms with Gasteiger partial charge in [0.1, 0.15) is 10.7 Å². The van der Waals surface area contributed by atoms with Gasteiger partial charge in [-0.3, -0.25) is 19.5 Å². The summed E-state index contributed by atoms with van der Waals surface area (Å²) in [5, 5.41) is 0. The highest BCUT2D eigenvalue weighted by Crippen LogP contribution is 2.47. The van der Waals surface area contributed by atoms with Crippen molar-refractivity contribution < 1.29 is 9.59 Å². The van der Waals surface area contributed by atoms with Crippen molar-refractivity contribution >= 4 is 29.0 Å². The Hall–Kier alpha value is -1.82. The maximum absolute atomic E-state index is 11.9. The zero-order valence-electron chi connectivity index (χ0n) is 9.50. The van der Waals surface area contributed by atoms with Crippen molar-refractivity contribution in [3.63, 3.8) is 0 Å². The minimum atomic E-state index is -0.0811. The van der Waals surface area contributed by atoms with Crippen molar-refractivity contribution in [1.82, 2.24) is 9.88 Å². The quantitative estimate of drug-likeness (QED) is 0.622. The lowest BCUT2D eigenvalue weighted by Crippen LogP contribution is -2.33. The number of rotatable bonds is 3. The fourth-order valence-corrected chi connectivity index (χ4v) is 2.55. The Labute approximate surface area is 109 Å². The van der Waals surface area contributed by atoms with E-state index in [0.29, 0.717) is 17.7 Å². The van der Waals surface area contributed by atoms with Gasteiger partial charge >= 0.3 is 0 Å². The second kappa shape index (κ2) is 3.84. The molecule has 1 aliphatic carbocycles. The molecule has 2 N–H and O–H groups in total. The van der Waals surface area contributed by atoms with Crippen LogP contribution in [0.4, 0.5) is 0 Å². The van der Waals surface area contributed by atoms with Crippen LogP contribution in [0, 0.1) is 11.8 Å². The van der Waals surface area contributed by atoms with Gasteiger partial charge in [0.25, 0.3) is 0 Å². The summed E-state index contributed by atoms with van der Waals surface area (Å²) in [6.07, 6.45) is 2.30. The summed E-state index contributed by atoms with van der Waals surface area (Å²) in [5.41, 5.74) is 6.77. The van der Waals surface area contributed by atoms with Crippen molar-refractivity contribution in [3.05, 3.63) is 29.6 Å². The molecule has 0 spiro atoms. The zero-order valence-corrected chi connectivity index (χ0v) is 10.3. The number of amides is 2. The van der Waals surface area contributed by atoms with Crippen LogP contribution in [0.5, 0.6) is 0 Å². The molecule has 0 aromatic carbocycles. The van der Waals surface area contributed by atoms with Gasteiger partial charge in [-0.25, -0.2) is 0 Å². The van der Waals surface area contributed by atoms with Crippen molar-refractivity contribution in [1.29, 1.82) is 0 Å². The average Bonchev–Trinajstić information content (AvgIpc) is 3.10. The third-order valence-electron chi connectivity index (χ3n) is 3.41. The van der Waals surface area contributed by atoms with Crippen LogP contribution < -0.4 is 5.73 Å². The van der Waals surface area contributed by atoms with Gasteiger partial charge in [-0.05, 0) is 12.5 Å². The van der Waals surface area contributed by atoms with Gasteiger partial charge in [0.15, 0.2) is 0 Å². The first-order valence-electron chi connectivity index (χ1n) is 5.68. The lowest BCUT2D eigenvalue weighted by Gasteiger charge is -2.17. The summed E-state index contributed by atoms with van der Waals surface area (Å²) in [7, 11) is 0. The predicted molar refractivity (Wildman–Crippen MR) is 67.3 cm³/mol. The van der Waals surface area contributed by atoms with Crippen LogP contribution in [0.2, 0.25) is 0 Å². The zero-order chi connectivity index (χ0) is 12.9. The van der Waals surface area contributed by atoms with Gasteiger partial charge < -0.3 is 5.73 Å². The Kier molecular flexibility index (Phi) is 2.41. The van der Waals surface area contributed by atoms with Gasteiger partial charge in [0.2, 0.25) is 11.8 Å². The Balaban J connectivity index is 1.87. The molecule has 2 heterocycles. The molecule has 2 unspecified atom stereocenters. The number of nitrogens with two attached hydrogens (primary N) is 1. The Morgan fingerprint density at radius 2 is 2.11 bits per heavy atom. The number of piperidine rings is 1. The number of imide groups is 1. The predicted octanol–water partition coefficient (Wildman–Crippen LogP) is 0.221. The van der Waals surface area contributed by atoms with Gasteiger partial charge in [0, 0.05) is 11.8 Å². The molecule has 0 radical (unpaired) electrons. The van der Waals surface area contributed by atoms with Crippen LogP contribution >= 0.6 is 12.2 Å². The van der Waals surface area contributed by atoms with E-state index in [2.05, 4.69) is 4.98 Å². The summed E-state index contributed by atoms with van der Waals surface area (Å²) in [6, 6.07) is 3.52. The van der Waals surface area contributed by atoms with Crippen LogP contribution in [0.25, 0.3) is 0 Å². The highest BCUT2D eigenvalue weighted by atomic mass is 32.1. The molecule has 0 bridgehead atoms. The van der Waals surface area contributed by atoms with Crippen molar-refractivity contribution in [2.24, 2.45) is 17.6 Å². The smallest absolute Gasteiger partial charge is 0.233 e. The SMILES string of the molecule is NC(=S)c1ncccc1CN1C(=O)C2CC2C1=O. The van der Waals surface area contributed by atoms with Crippen LogP contribution in [-0.2, 0) is 16.1 Å². The topological polar surface area (TPSA) is 76.3 Å². The number of fused-ring (bicyclic) bond motifs is 1. The number of pyridine rings is 1. The number of carbonyl (C=O) groups excluding carboxylic acids is 2. The molecule has 2 aliphatic rings. The largest absolute Gasteiger partial charge is 0.388 e. The minimum absolute atomic E-state index is 0.0808. The summed E-state index contributed by atoms with van der Waals surface area (Å²) >= 11 is 4.91. The van der Waals surface area contributed by atoms with E-state index in [1.165, 1.54) is 4.90 Å². The Morgan fingerprint density at radius 3 is 2.72 bits per heavy atom. The normalized spacial score (nSPS) is 25.2. The number of nitrogens with zero attached hydrogens (tertiary/aromatic N) is 2. The number of carbonyl (C=O) groups is 2. The van der Waals surface area contributed by atoms with E-state index < -0.39 is 0 Å². The number of hydrogen-bond donors (Lipinski definition) is 1. The molecule has 3 rings (SSSR count). The Morgan fingerprint density at radius 1 is 1.44 bits per heavy atom. The van der Waals surface area contributed by atoms with Gasteiger partial charge in [-0.1, -0.05) is 18.3 Å². The monoisotopic (exact) mass is 261 g/mol. The number of aromatic nitrogens is 1. The van der Waals surface area contributed by atoms with Gasteiger partial charge in [-0.2, -0.15) is 0 Å². The number of likely N-dealkylation sites (tertiary alicyclic amines) is 1. The third-order valence-corrected chi connectivity index (χ3v) is 3.60. The maximum atomic E-state index is 11.9. The highest BCUT2D eigenvalue weighted by Gasteiger charge is 2.58. The first-order valence-corrected chi connectivity index (χ1v) is 6.09. The van der Waals surface area contributed by atoms with Crippen molar-refractivity contribution in [2.75, 3.05) is 0 Å². The average molecular weight is 261 g/mol. The molecular formula is C12H11N3O2S. The molecule has 6 heteroatoms. The summed E-state index contributed by atoms with van der Waals surface area (Å²) in [6.45, 7) is 0.213. The van der Waals surface area contributed by atoms with Crippen LogP contribution in [0.3, 0.4) is 0 Å². The molecule has 2 amide bonds. The molecule has 1 aromatic heterocycles. The fourth-order valence-electron chi connectivity index (χ4n) is 2.36. The van der Waals surface area contributed by atoms with Crippen LogP contribution in [-0.4, -0.2) is 26.7 Å². The van der Waals surface area contributed by atoms with E-state index in [-0.39, 0.29) is 35.2 Å². The molecule has 1 aromatic rings. The summed E-state index contributed by atoms with van der Waals surface area (Å²) < 4.78 is 0. The molecule has 1 aliphatic heterocycles. The van der Waals surface area contributed by atoms with E-state index >= 15 is 0 Å². The van der Waals surface area contributed by atoms with E-state index in [1.807, 2.05) is 0 Å².